The maximum atomic E-state index is 12.6. The van der Waals surface area contributed by atoms with Gasteiger partial charge in [-0.1, -0.05) is 18.7 Å². The zero-order valence-corrected chi connectivity index (χ0v) is 14.8. The Balaban J connectivity index is 1.70. The second kappa shape index (κ2) is 7.09. The molecule has 0 aromatic carbocycles. The quantitative estimate of drug-likeness (QED) is 0.525. The van der Waals surface area contributed by atoms with Crippen LogP contribution in [0.15, 0.2) is 34.0 Å². The van der Waals surface area contributed by atoms with Gasteiger partial charge in [-0.25, -0.2) is 4.98 Å². The van der Waals surface area contributed by atoms with E-state index in [1.54, 1.807) is 6.26 Å². The number of aromatic amines is 1. The first-order chi connectivity index (χ1) is 11.6. The van der Waals surface area contributed by atoms with Crippen LogP contribution in [-0.4, -0.2) is 31.3 Å². The molecule has 3 aromatic heterocycles. The van der Waals surface area contributed by atoms with E-state index in [-0.39, 0.29) is 5.78 Å². The monoisotopic (exact) mass is 344 g/mol. The summed E-state index contributed by atoms with van der Waals surface area (Å²) in [5.41, 5.74) is 2.75. The Morgan fingerprint density at radius 1 is 1.42 bits per heavy atom. The van der Waals surface area contributed by atoms with E-state index in [0.717, 1.165) is 35.0 Å². The highest BCUT2D eigenvalue weighted by Gasteiger charge is 2.17. The van der Waals surface area contributed by atoms with Gasteiger partial charge in [0.15, 0.2) is 5.78 Å². The molecular weight excluding hydrogens is 324 g/mol. The maximum Gasteiger partial charge on any atom is 0.208 e. The smallest absolute Gasteiger partial charge is 0.208 e. The van der Waals surface area contributed by atoms with E-state index >= 15 is 0 Å². The average Bonchev–Trinajstić information content (AvgIpc) is 3.30. The van der Waals surface area contributed by atoms with Crippen LogP contribution < -0.4 is 0 Å². The SMILES string of the molecule is CCc1nc(SCC(=O)c2cc(C)n(Cc3ccco3)c2C)n[nH]1. The Labute approximate surface area is 144 Å². The lowest BCUT2D eigenvalue weighted by atomic mass is 10.2. The van der Waals surface area contributed by atoms with Gasteiger partial charge in [0.2, 0.25) is 5.16 Å². The number of carbonyl (C=O) groups is 1. The number of nitrogens with one attached hydrogen (secondary N) is 1. The lowest BCUT2D eigenvalue weighted by Gasteiger charge is -2.07. The third-order valence-electron chi connectivity index (χ3n) is 3.95. The van der Waals surface area contributed by atoms with Gasteiger partial charge in [-0.15, -0.1) is 5.10 Å². The van der Waals surface area contributed by atoms with Crippen LogP contribution in [0.2, 0.25) is 0 Å². The van der Waals surface area contributed by atoms with Crippen LogP contribution >= 0.6 is 11.8 Å². The molecule has 24 heavy (non-hydrogen) atoms. The number of ketones is 1. The predicted molar refractivity (Wildman–Crippen MR) is 92.5 cm³/mol. The Morgan fingerprint density at radius 3 is 2.92 bits per heavy atom. The van der Waals surface area contributed by atoms with Gasteiger partial charge in [-0.3, -0.25) is 9.89 Å². The van der Waals surface area contributed by atoms with Crippen molar-refractivity contribution in [2.24, 2.45) is 0 Å². The Kier molecular flexibility index (Phi) is 4.89. The van der Waals surface area contributed by atoms with Crippen LogP contribution in [-0.2, 0) is 13.0 Å². The fourth-order valence-corrected chi connectivity index (χ4v) is 3.29. The molecule has 0 spiro atoms. The molecule has 0 saturated carbocycles. The van der Waals surface area contributed by atoms with Gasteiger partial charge >= 0.3 is 0 Å². The third kappa shape index (κ3) is 3.46. The van der Waals surface area contributed by atoms with E-state index in [1.807, 2.05) is 39.0 Å². The summed E-state index contributed by atoms with van der Waals surface area (Å²) in [5, 5.41) is 7.58. The number of aromatic nitrogens is 4. The number of hydrogen-bond acceptors (Lipinski definition) is 5. The molecule has 3 heterocycles. The van der Waals surface area contributed by atoms with Gasteiger partial charge in [0.1, 0.15) is 11.6 Å². The molecular formula is C17H20N4O2S. The molecule has 6 nitrogen and oxygen atoms in total. The molecule has 0 aliphatic carbocycles. The predicted octanol–water partition coefficient (Wildman–Crippen LogP) is 3.40. The largest absolute Gasteiger partial charge is 0.467 e. The van der Waals surface area contributed by atoms with Crippen LogP contribution in [0, 0.1) is 13.8 Å². The van der Waals surface area contributed by atoms with Crippen LogP contribution in [0.3, 0.4) is 0 Å². The maximum absolute atomic E-state index is 12.6. The van der Waals surface area contributed by atoms with Crippen molar-refractivity contribution in [2.45, 2.75) is 38.9 Å². The average molecular weight is 344 g/mol. The van der Waals surface area contributed by atoms with Crippen LogP contribution in [0.25, 0.3) is 0 Å². The summed E-state index contributed by atoms with van der Waals surface area (Å²) in [4.78, 5) is 16.9. The van der Waals surface area contributed by atoms with Gasteiger partial charge in [0, 0.05) is 23.4 Å². The number of nitrogens with zero attached hydrogens (tertiary/aromatic N) is 3. The summed E-state index contributed by atoms with van der Waals surface area (Å²) in [6, 6.07) is 5.75. The number of rotatable bonds is 7. The molecule has 0 bridgehead atoms. The number of furan rings is 1. The number of aryl methyl sites for hydroxylation is 2. The van der Waals surface area contributed by atoms with Crippen molar-refractivity contribution < 1.29 is 9.21 Å². The van der Waals surface area contributed by atoms with Crippen molar-refractivity contribution in [3.05, 3.63) is 53.0 Å². The molecule has 0 aliphatic heterocycles. The molecule has 0 radical (unpaired) electrons. The van der Waals surface area contributed by atoms with Gasteiger partial charge in [0.05, 0.1) is 18.6 Å². The van der Waals surface area contributed by atoms with E-state index < -0.39 is 0 Å². The number of hydrogen-bond donors (Lipinski definition) is 1. The van der Waals surface area contributed by atoms with E-state index in [4.69, 9.17) is 4.42 Å². The number of Topliss-reactive ketones (excluding diaryl/α,β-unsaturated/α-hetero) is 1. The fraction of sp³-hybridized carbons (Fsp3) is 0.353. The first-order valence-electron chi connectivity index (χ1n) is 7.85. The highest BCUT2D eigenvalue weighted by molar-refractivity contribution is 7.99. The zero-order valence-electron chi connectivity index (χ0n) is 14.0. The Bertz CT molecular complexity index is 833. The summed E-state index contributed by atoms with van der Waals surface area (Å²) in [7, 11) is 0. The van der Waals surface area contributed by atoms with Crippen LogP contribution in [0.4, 0.5) is 0 Å². The molecule has 0 aliphatic rings. The first kappa shape index (κ1) is 16.6. The lowest BCUT2D eigenvalue weighted by molar-refractivity contribution is 0.102. The van der Waals surface area contributed by atoms with E-state index in [1.165, 1.54) is 11.8 Å². The van der Waals surface area contributed by atoms with E-state index in [2.05, 4.69) is 19.7 Å². The van der Waals surface area contributed by atoms with Gasteiger partial charge < -0.3 is 8.98 Å². The minimum Gasteiger partial charge on any atom is -0.467 e. The van der Waals surface area contributed by atoms with Crippen molar-refractivity contribution in [1.29, 1.82) is 0 Å². The van der Waals surface area contributed by atoms with Gasteiger partial charge in [0.25, 0.3) is 0 Å². The Hall–Kier alpha value is -2.28. The highest BCUT2D eigenvalue weighted by Crippen LogP contribution is 2.21. The lowest BCUT2D eigenvalue weighted by Crippen LogP contribution is -2.07. The molecule has 7 heteroatoms. The first-order valence-corrected chi connectivity index (χ1v) is 8.83. The third-order valence-corrected chi connectivity index (χ3v) is 4.79. The summed E-state index contributed by atoms with van der Waals surface area (Å²) in [6.07, 6.45) is 2.46. The zero-order chi connectivity index (χ0) is 17.1. The number of thioether (sulfide) groups is 1. The highest BCUT2D eigenvalue weighted by atomic mass is 32.2. The second-order valence-electron chi connectivity index (χ2n) is 5.58. The molecule has 126 valence electrons. The fourth-order valence-electron chi connectivity index (χ4n) is 2.59. The number of carbonyl (C=O) groups excluding carboxylic acids is 1. The molecule has 0 amide bonds. The van der Waals surface area contributed by atoms with Crippen molar-refractivity contribution in [3.63, 3.8) is 0 Å². The molecule has 0 fully saturated rings. The van der Waals surface area contributed by atoms with Gasteiger partial charge in [-0.05, 0) is 32.0 Å². The molecule has 0 unspecified atom stereocenters. The van der Waals surface area contributed by atoms with Crippen LogP contribution in [0.1, 0.15) is 40.3 Å². The second-order valence-corrected chi connectivity index (χ2v) is 6.52. The van der Waals surface area contributed by atoms with Crippen molar-refractivity contribution >= 4 is 17.5 Å². The minimum absolute atomic E-state index is 0.0849. The standard InChI is InChI=1S/C17H20N4O2S/c1-4-16-18-17(20-19-16)24-10-15(22)14-8-11(2)21(12(14)3)9-13-6-5-7-23-13/h5-8H,4,9-10H2,1-3H3,(H,18,19,20). The summed E-state index contributed by atoms with van der Waals surface area (Å²) in [5.74, 6) is 2.12. The summed E-state index contributed by atoms with van der Waals surface area (Å²) >= 11 is 1.36. The topological polar surface area (TPSA) is 76.7 Å². The number of H-pyrrole nitrogens is 1. The summed E-state index contributed by atoms with van der Waals surface area (Å²) < 4.78 is 7.50. The minimum atomic E-state index is 0.0849. The molecule has 1 N–H and O–H groups in total. The van der Waals surface area contributed by atoms with E-state index in [9.17, 15) is 4.79 Å². The normalized spacial score (nSPS) is 11.1. The van der Waals surface area contributed by atoms with E-state index in [0.29, 0.717) is 17.5 Å². The van der Waals surface area contributed by atoms with Crippen molar-refractivity contribution in [2.75, 3.05) is 5.75 Å². The van der Waals surface area contributed by atoms with Crippen molar-refractivity contribution in [3.8, 4) is 0 Å². The molecule has 3 rings (SSSR count). The molecule has 0 atom stereocenters. The molecule has 3 aromatic rings. The van der Waals surface area contributed by atoms with Crippen molar-refractivity contribution in [1.82, 2.24) is 19.7 Å². The molecule has 0 saturated heterocycles. The van der Waals surface area contributed by atoms with Crippen LogP contribution in [0.5, 0.6) is 0 Å². The van der Waals surface area contributed by atoms with Gasteiger partial charge in [-0.2, -0.15) is 0 Å². The summed E-state index contributed by atoms with van der Waals surface area (Å²) in [6.45, 7) is 6.61. The Morgan fingerprint density at radius 2 is 2.25 bits per heavy atom.